The number of hydrogen-bond acceptors (Lipinski definition) is 11. The van der Waals surface area contributed by atoms with E-state index in [1.54, 1.807) is 0 Å². The van der Waals surface area contributed by atoms with Gasteiger partial charge < -0.3 is 56.5 Å². The Morgan fingerprint density at radius 1 is 0.797 bits per heavy atom. The van der Waals surface area contributed by atoms with Gasteiger partial charge in [0.15, 0.2) is 6.04 Å². The molecule has 1 fully saturated rings. The van der Waals surface area contributed by atoms with E-state index >= 15 is 0 Å². The zero-order valence-electron chi connectivity index (χ0n) is 33.0. The molecule has 0 saturated carbocycles. The van der Waals surface area contributed by atoms with Crippen molar-refractivity contribution in [2.75, 3.05) is 19.6 Å². The summed E-state index contributed by atoms with van der Waals surface area (Å²) in [6.45, 7) is 3.70. The lowest BCUT2D eigenvalue weighted by molar-refractivity contribution is -0.147. The van der Waals surface area contributed by atoms with Crippen LogP contribution < -0.4 is 32.2 Å². The minimum atomic E-state index is -1.96. The molecule has 0 unspecified atom stereocenters. The molecule has 21 heteroatoms. The Balaban J connectivity index is 1.54. The minimum absolute atomic E-state index is 0.113. The second-order valence-corrected chi connectivity index (χ2v) is 14.5. The zero-order valence-corrected chi connectivity index (χ0v) is 33.0. The van der Waals surface area contributed by atoms with Crippen LogP contribution in [0.2, 0.25) is 0 Å². The standard InChI is InChI=1S/C38H53B2F2N5O12/c1-3-23(37(53)47-19-9-12-31(47)36(52)46-32(22(2)48)38(54)55)10-6-8-18-44-35(51)30(45-34(50)27-16-14-25(40(58)59)21-29(27)42)11-5-4-7-17-43-33(49)26-15-13-24(39(56)57)20-28(26)41/h13-16,20-23,30-32,48,56-59H,3-12,17-19H2,1-2H3,(H,43,49)(H,44,51)(H,45,50)(H,46,52)(H,54,55)/t22-,23+,30+,31+,32+/m1/s1. The van der Waals surface area contributed by atoms with Crippen molar-refractivity contribution < 1.29 is 67.9 Å². The lowest BCUT2D eigenvalue weighted by Crippen LogP contribution is -2.54. The number of nitrogens with zero attached hydrogens (tertiary/aromatic N) is 1. The largest absolute Gasteiger partial charge is 0.488 e. The molecule has 322 valence electrons. The fraction of sp³-hybridized carbons (Fsp3) is 0.526. The third-order valence-corrected chi connectivity index (χ3v) is 10.2. The predicted octanol–water partition coefficient (Wildman–Crippen LogP) is -1.33. The maximum atomic E-state index is 14.7. The van der Waals surface area contributed by atoms with Crippen LogP contribution in [-0.2, 0) is 19.2 Å². The number of unbranched alkanes of at least 4 members (excludes halogenated alkanes) is 3. The fourth-order valence-corrected chi connectivity index (χ4v) is 6.73. The fourth-order valence-electron chi connectivity index (χ4n) is 6.73. The van der Waals surface area contributed by atoms with Crippen molar-refractivity contribution in [3.8, 4) is 0 Å². The highest BCUT2D eigenvalue weighted by Gasteiger charge is 2.38. The Labute approximate surface area is 341 Å². The SMILES string of the molecule is CC[C@@H](CCCCNC(=O)[C@H](CCCCCNC(=O)c1ccc(B(O)O)cc1F)NC(=O)c1ccc(B(O)O)cc1F)C(=O)N1CCC[C@H]1C(=O)N[C@H](C(=O)O)[C@@H](C)O. The highest BCUT2D eigenvalue weighted by Crippen LogP contribution is 2.24. The number of hydrogen-bond donors (Lipinski definition) is 10. The van der Waals surface area contributed by atoms with E-state index in [1.165, 1.54) is 17.9 Å². The Bertz CT molecular complexity index is 1790. The van der Waals surface area contributed by atoms with Gasteiger partial charge in [-0.3, -0.25) is 24.0 Å². The normalized spacial score (nSPS) is 15.7. The van der Waals surface area contributed by atoms with Crippen LogP contribution >= 0.6 is 0 Å². The minimum Gasteiger partial charge on any atom is -0.480 e. The summed E-state index contributed by atoms with van der Waals surface area (Å²) in [6, 6.07) is 2.68. The number of aliphatic carboxylic acids is 1. The predicted molar refractivity (Wildman–Crippen MR) is 211 cm³/mol. The number of aliphatic hydroxyl groups excluding tert-OH is 1. The lowest BCUT2D eigenvalue weighted by atomic mass is 9.80. The molecule has 0 aliphatic carbocycles. The van der Waals surface area contributed by atoms with Crippen LogP contribution in [-0.4, -0.2) is 129 Å². The third kappa shape index (κ3) is 14.4. The second-order valence-electron chi connectivity index (χ2n) is 14.5. The van der Waals surface area contributed by atoms with Crippen LogP contribution in [0.3, 0.4) is 0 Å². The molecule has 0 aromatic heterocycles. The summed E-state index contributed by atoms with van der Waals surface area (Å²) in [7, 11) is -3.86. The van der Waals surface area contributed by atoms with Crippen LogP contribution in [0.1, 0.15) is 98.8 Å². The van der Waals surface area contributed by atoms with Crippen LogP contribution in [0.5, 0.6) is 0 Å². The van der Waals surface area contributed by atoms with Crippen molar-refractivity contribution in [2.24, 2.45) is 5.92 Å². The Kier molecular flexibility index (Phi) is 19.4. The number of likely N-dealkylation sites (tertiary alicyclic amines) is 1. The summed E-state index contributed by atoms with van der Waals surface area (Å²) in [5, 5.41) is 66.3. The number of carboxylic acid groups (broad SMARTS) is 1. The van der Waals surface area contributed by atoms with Gasteiger partial charge in [0.05, 0.1) is 17.2 Å². The van der Waals surface area contributed by atoms with Crippen LogP contribution in [0.4, 0.5) is 8.78 Å². The molecular weight excluding hydrogens is 778 g/mol. The van der Waals surface area contributed by atoms with Gasteiger partial charge in [-0.25, -0.2) is 13.6 Å². The molecule has 10 N–H and O–H groups in total. The van der Waals surface area contributed by atoms with Crippen molar-refractivity contribution in [2.45, 2.75) is 102 Å². The number of carbonyl (C=O) groups excluding carboxylic acids is 5. The summed E-state index contributed by atoms with van der Waals surface area (Å²) in [5.41, 5.74) is -1.01. The van der Waals surface area contributed by atoms with E-state index < -0.39 is 91.2 Å². The second kappa shape index (κ2) is 23.6. The highest BCUT2D eigenvalue weighted by molar-refractivity contribution is 6.59. The van der Waals surface area contributed by atoms with E-state index in [9.17, 15) is 67.9 Å². The van der Waals surface area contributed by atoms with E-state index in [0.29, 0.717) is 64.3 Å². The summed E-state index contributed by atoms with van der Waals surface area (Å²) >= 11 is 0. The van der Waals surface area contributed by atoms with Gasteiger partial charge in [-0.2, -0.15) is 0 Å². The molecule has 17 nitrogen and oxygen atoms in total. The molecule has 5 atom stereocenters. The number of rotatable bonds is 23. The molecule has 1 aliphatic heterocycles. The number of benzene rings is 2. The highest BCUT2D eigenvalue weighted by atomic mass is 19.1. The first kappa shape index (κ1) is 48.4. The number of carboxylic acids is 1. The van der Waals surface area contributed by atoms with Crippen molar-refractivity contribution in [3.63, 3.8) is 0 Å². The Morgan fingerprint density at radius 3 is 1.90 bits per heavy atom. The van der Waals surface area contributed by atoms with Crippen LogP contribution in [0.15, 0.2) is 36.4 Å². The summed E-state index contributed by atoms with van der Waals surface area (Å²) in [4.78, 5) is 78.1. The third-order valence-electron chi connectivity index (χ3n) is 10.2. The molecule has 2 aromatic rings. The molecule has 3 rings (SSSR count). The van der Waals surface area contributed by atoms with E-state index in [2.05, 4.69) is 21.3 Å². The maximum Gasteiger partial charge on any atom is 0.488 e. The molecule has 2 aromatic carbocycles. The molecule has 5 amide bonds. The molecule has 59 heavy (non-hydrogen) atoms. The van der Waals surface area contributed by atoms with Gasteiger partial charge >= 0.3 is 20.2 Å². The van der Waals surface area contributed by atoms with Crippen molar-refractivity contribution in [1.82, 2.24) is 26.2 Å². The molecule has 0 radical (unpaired) electrons. The quantitative estimate of drug-likeness (QED) is 0.0461. The molecule has 0 bridgehead atoms. The number of carbonyl (C=O) groups is 6. The van der Waals surface area contributed by atoms with Gasteiger partial charge in [0.1, 0.15) is 23.7 Å². The van der Waals surface area contributed by atoms with Gasteiger partial charge in [-0.05, 0) is 87.1 Å². The Hall–Kier alpha value is -4.95. The number of halogens is 2. The zero-order chi connectivity index (χ0) is 43.8. The van der Waals surface area contributed by atoms with Crippen LogP contribution in [0.25, 0.3) is 0 Å². The van der Waals surface area contributed by atoms with E-state index in [-0.39, 0.29) is 41.9 Å². The van der Waals surface area contributed by atoms with E-state index in [1.807, 2.05) is 6.92 Å². The molecular formula is C38H53B2F2N5O12. The van der Waals surface area contributed by atoms with Crippen LogP contribution in [0, 0.1) is 17.6 Å². The van der Waals surface area contributed by atoms with Crippen molar-refractivity contribution >= 4 is 60.7 Å². The number of nitrogens with one attached hydrogen (secondary N) is 4. The van der Waals surface area contributed by atoms with Gasteiger partial charge in [-0.15, -0.1) is 0 Å². The number of amides is 5. The van der Waals surface area contributed by atoms with E-state index in [4.69, 9.17) is 0 Å². The van der Waals surface area contributed by atoms with Gasteiger partial charge in [0.25, 0.3) is 11.8 Å². The molecule has 1 aliphatic rings. The first-order chi connectivity index (χ1) is 28.0. The van der Waals surface area contributed by atoms with Crippen molar-refractivity contribution in [1.29, 1.82) is 0 Å². The summed E-state index contributed by atoms with van der Waals surface area (Å²) < 4.78 is 29.0. The first-order valence-corrected chi connectivity index (χ1v) is 19.7. The molecule has 1 heterocycles. The lowest BCUT2D eigenvalue weighted by Gasteiger charge is -2.29. The van der Waals surface area contributed by atoms with Crippen molar-refractivity contribution in [3.05, 3.63) is 59.2 Å². The van der Waals surface area contributed by atoms with E-state index in [0.717, 1.165) is 30.3 Å². The summed E-state index contributed by atoms with van der Waals surface area (Å²) in [6.07, 6.45) is 2.75. The summed E-state index contributed by atoms with van der Waals surface area (Å²) in [5.74, 6) is -6.91. The molecule has 1 saturated heterocycles. The van der Waals surface area contributed by atoms with Gasteiger partial charge in [0.2, 0.25) is 17.7 Å². The van der Waals surface area contributed by atoms with Gasteiger partial charge in [0, 0.05) is 25.6 Å². The average Bonchev–Trinajstić information content (AvgIpc) is 3.68. The maximum absolute atomic E-state index is 14.7. The topological polar surface area (TPSA) is 275 Å². The van der Waals surface area contributed by atoms with Gasteiger partial charge in [-0.1, -0.05) is 38.3 Å². The Morgan fingerprint density at radius 2 is 1.36 bits per heavy atom. The molecule has 0 spiro atoms. The smallest absolute Gasteiger partial charge is 0.480 e. The monoisotopic (exact) mass is 831 g/mol. The average molecular weight is 831 g/mol. The first-order valence-electron chi connectivity index (χ1n) is 19.7. The number of aliphatic hydroxyl groups is 1.